The first kappa shape index (κ1) is 16.5. The van der Waals surface area contributed by atoms with Gasteiger partial charge in [0.2, 0.25) is 0 Å². The maximum absolute atomic E-state index is 12.3. The van der Waals surface area contributed by atoms with Crippen LogP contribution in [0.3, 0.4) is 0 Å². The average Bonchev–Trinajstić information content (AvgIpc) is 2.84. The molecule has 5 heteroatoms. The zero-order valence-corrected chi connectivity index (χ0v) is 13.3. The Hall–Kier alpha value is -1.88. The van der Waals surface area contributed by atoms with E-state index in [-0.39, 0.29) is 12.6 Å². The summed E-state index contributed by atoms with van der Waals surface area (Å²) >= 11 is 0. The van der Waals surface area contributed by atoms with E-state index in [1.54, 1.807) is 6.08 Å². The summed E-state index contributed by atoms with van der Waals surface area (Å²) in [6.07, 6.45) is 5.32. The monoisotopic (exact) mass is 306 g/mol. The van der Waals surface area contributed by atoms with E-state index in [4.69, 9.17) is 14.2 Å². The highest BCUT2D eigenvalue weighted by Crippen LogP contribution is 2.45. The number of hydrogen-bond acceptors (Lipinski definition) is 5. The van der Waals surface area contributed by atoms with Crippen LogP contribution in [0.1, 0.15) is 33.6 Å². The van der Waals surface area contributed by atoms with Gasteiger partial charge < -0.3 is 14.2 Å². The van der Waals surface area contributed by atoms with Gasteiger partial charge >= 0.3 is 5.97 Å². The van der Waals surface area contributed by atoms with E-state index in [1.165, 1.54) is 13.0 Å². The number of hydrogen-bond donors (Lipinski definition) is 0. The van der Waals surface area contributed by atoms with E-state index in [1.807, 2.05) is 19.9 Å². The number of carbonyl (C=O) groups is 2. The first-order valence-electron chi connectivity index (χ1n) is 7.35. The Balaban J connectivity index is 2.48. The van der Waals surface area contributed by atoms with E-state index in [0.717, 1.165) is 5.57 Å². The SMILES string of the molecule is C=CC[C@H]1C(=O)C=C2OCO[C@@]2(CC=C(C)C)[C@@H]1OC(C)=O. The second-order valence-electron chi connectivity index (χ2n) is 5.85. The van der Waals surface area contributed by atoms with Gasteiger partial charge in [0.15, 0.2) is 18.2 Å². The van der Waals surface area contributed by atoms with Crippen molar-refractivity contribution in [2.24, 2.45) is 5.92 Å². The Morgan fingerprint density at radius 1 is 1.50 bits per heavy atom. The number of fused-ring (bicyclic) bond motifs is 1. The minimum absolute atomic E-state index is 0.0499. The van der Waals surface area contributed by atoms with Crippen LogP contribution < -0.4 is 0 Å². The third-order valence-electron chi connectivity index (χ3n) is 3.94. The summed E-state index contributed by atoms with van der Waals surface area (Å²) < 4.78 is 16.8. The number of rotatable bonds is 5. The second-order valence-corrected chi connectivity index (χ2v) is 5.85. The molecular weight excluding hydrogens is 284 g/mol. The highest BCUT2D eigenvalue weighted by Gasteiger charge is 2.57. The molecular formula is C17H22O5. The van der Waals surface area contributed by atoms with Crippen molar-refractivity contribution in [3.05, 3.63) is 36.1 Å². The van der Waals surface area contributed by atoms with E-state index >= 15 is 0 Å². The number of carbonyl (C=O) groups excluding carboxylic acids is 2. The molecule has 3 atom stereocenters. The zero-order valence-electron chi connectivity index (χ0n) is 13.3. The van der Waals surface area contributed by atoms with Crippen LogP contribution in [0, 0.1) is 5.92 Å². The average molecular weight is 306 g/mol. The molecule has 1 saturated heterocycles. The fourth-order valence-corrected chi connectivity index (χ4v) is 2.89. The third-order valence-corrected chi connectivity index (χ3v) is 3.94. The largest absolute Gasteiger partial charge is 0.468 e. The smallest absolute Gasteiger partial charge is 0.303 e. The van der Waals surface area contributed by atoms with Gasteiger partial charge in [-0.05, 0) is 20.3 Å². The molecule has 0 unspecified atom stereocenters. The van der Waals surface area contributed by atoms with Crippen LogP contribution in [0.4, 0.5) is 0 Å². The molecule has 0 aromatic carbocycles. The Kier molecular flexibility index (Phi) is 4.86. The molecule has 22 heavy (non-hydrogen) atoms. The lowest BCUT2D eigenvalue weighted by molar-refractivity contribution is -0.171. The zero-order chi connectivity index (χ0) is 16.3. The molecule has 1 heterocycles. The first-order valence-corrected chi connectivity index (χ1v) is 7.35. The van der Waals surface area contributed by atoms with Gasteiger partial charge in [-0.15, -0.1) is 6.58 Å². The Bertz CT molecular complexity index is 541. The molecule has 0 amide bonds. The molecule has 2 rings (SSSR count). The van der Waals surface area contributed by atoms with E-state index < -0.39 is 23.6 Å². The van der Waals surface area contributed by atoms with Crippen molar-refractivity contribution in [3.63, 3.8) is 0 Å². The van der Waals surface area contributed by atoms with Crippen LogP contribution in [0.25, 0.3) is 0 Å². The summed E-state index contributed by atoms with van der Waals surface area (Å²) in [4.78, 5) is 23.9. The van der Waals surface area contributed by atoms with E-state index in [0.29, 0.717) is 18.6 Å². The van der Waals surface area contributed by atoms with Crippen molar-refractivity contribution in [1.82, 2.24) is 0 Å². The number of ether oxygens (including phenoxy) is 3. The van der Waals surface area contributed by atoms with Crippen LogP contribution in [0.2, 0.25) is 0 Å². The Morgan fingerprint density at radius 3 is 2.82 bits per heavy atom. The fraction of sp³-hybridized carbons (Fsp3) is 0.529. The van der Waals surface area contributed by atoms with Crippen LogP contribution in [0.15, 0.2) is 36.1 Å². The third kappa shape index (κ3) is 2.99. The molecule has 0 saturated carbocycles. The second kappa shape index (κ2) is 6.48. The summed E-state index contributed by atoms with van der Waals surface area (Å²) in [6, 6.07) is 0. The van der Waals surface area contributed by atoms with Gasteiger partial charge in [-0.1, -0.05) is 17.7 Å². The van der Waals surface area contributed by atoms with Gasteiger partial charge in [-0.2, -0.15) is 0 Å². The van der Waals surface area contributed by atoms with Crippen LogP contribution >= 0.6 is 0 Å². The van der Waals surface area contributed by atoms with Gasteiger partial charge in [0.1, 0.15) is 11.9 Å². The lowest BCUT2D eigenvalue weighted by atomic mass is 9.74. The Morgan fingerprint density at radius 2 is 2.23 bits per heavy atom. The molecule has 120 valence electrons. The highest BCUT2D eigenvalue weighted by molar-refractivity contribution is 5.94. The van der Waals surface area contributed by atoms with Gasteiger partial charge in [0, 0.05) is 19.4 Å². The normalized spacial score (nSPS) is 30.0. The topological polar surface area (TPSA) is 61.8 Å². The van der Waals surface area contributed by atoms with Gasteiger partial charge in [0.05, 0.1) is 5.92 Å². The number of ketones is 1. The summed E-state index contributed by atoms with van der Waals surface area (Å²) in [5.74, 6) is -0.626. The summed E-state index contributed by atoms with van der Waals surface area (Å²) in [5, 5.41) is 0. The van der Waals surface area contributed by atoms with Crippen LogP contribution in [-0.4, -0.2) is 30.3 Å². The van der Waals surface area contributed by atoms with Gasteiger partial charge in [0.25, 0.3) is 0 Å². The predicted molar refractivity (Wildman–Crippen MR) is 80.8 cm³/mol. The van der Waals surface area contributed by atoms with Crippen LogP contribution in [-0.2, 0) is 23.8 Å². The first-order chi connectivity index (χ1) is 10.4. The minimum atomic E-state index is -0.926. The minimum Gasteiger partial charge on any atom is -0.468 e. The van der Waals surface area contributed by atoms with Crippen molar-refractivity contribution in [2.75, 3.05) is 6.79 Å². The van der Waals surface area contributed by atoms with Crippen molar-refractivity contribution in [2.45, 2.75) is 45.3 Å². The maximum atomic E-state index is 12.3. The maximum Gasteiger partial charge on any atom is 0.303 e. The van der Waals surface area contributed by atoms with Crippen molar-refractivity contribution >= 4 is 11.8 Å². The predicted octanol–water partition coefficient (Wildman–Crippen LogP) is 2.68. The molecule has 5 nitrogen and oxygen atoms in total. The van der Waals surface area contributed by atoms with Crippen molar-refractivity contribution in [1.29, 1.82) is 0 Å². The number of esters is 1. The lowest BCUT2D eigenvalue weighted by Crippen LogP contribution is -2.54. The van der Waals surface area contributed by atoms with E-state index in [2.05, 4.69) is 6.58 Å². The highest BCUT2D eigenvalue weighted by atomic mass is 16.7. The molecule has 1 aliphatic carbocycles. The quantitative estimate of drug-likeness (QED) is 0.577. The molecule has 0 bridgehead atoms. The molecule has 0 aromatic rings. The molecule has 0 spiro atoms. The fourth-order valence-electron chi connectivity index (χ4n) is 2.89. The van der Waals surface area contributed by atoms with Crippen LogP contribution in [0.5, 0.6) is 0 Å². The molecule has 2 aliphatic rings. The van der Waals surface area contributed by atoms with E-state index in [9.17, 15) is 9.59 Å². The van der Waals surface area contributed by atoms with Crippen molar-refractivity contribution in [3.8, 4) is 0 Å². The summed E-state index contributed by atoms with van der Waals surface area (Å²) in [7, 11) is 0. The van der Waals surface area contributed by atoms with Gasteiger partial charge in [-0.25, -0.2) is 0 Å². The number of allylic oxidation sites excluding steroid dienone is 3. The summed E-state index contributed by atoms with van der Waals surface area (Å²) in [5.41, 5.74) is 0.188. The molecule has 1 fully saturated rings. The van der Waals surface area contributed by atoms with Gasteiger partial charge in [-0.3, -0.25) is 9.59 Å². The molecule has 0 aromatic heterocycles. The molecule has 0 radical (unpaired) electrons. The Labute approximate surface area is 130 Å². The summed E-state index contributed by atoms with van der Waals surface area (Å²) in [6.45, 7) is 9.03. The standard InChI is InChI=1S/C17H22O5/c1-5-6-13-14(19)9-15-17(21-10-20-15,8-7-11(2)3)16(13)22-12(4)18/h5,7,9,13,16H,1,6,8,10H2,2-4H3/t13-,16+,17+/m0/s1. The molecule has 0 N–H and O–H groups in total. The lowest BCUT2D eigenvalue weighted by Gasteiger charge is -2.40. The van der Waals surface area contributed by atoms with Crippen molar-refractivity contribution < 1.29 is 23.8 Å². The molecule has 1 aliphatic heterocycles.